The van der Waals surface area contributed by atoms with Crippen molar-refractivity contribution in [3.63, 3.8) is 0 Å². The van der Waals surface area contributed by atoms with Crippen molar-refractivity contribution in [1.29, 1.82) is 0 Å². The molecule has 4 nitrogen and oxygen atoms in total. The highest BCUT2D eigenvalue weighted by Gasteiger charge is 2.09. The van der Waals surface area contributed by atoms with Crippen molar-refractivity contribution >= 4 is 11.4 Å². The number of rotatable bonds is 4. The Morgan fingerprint density at radius 1 is 1.15 bits per heavy atom. The number of hydrogen-bond acceptors (Lipinski definition) is 3. The molecule has 0 saturated carbocycles. The van der Waals surface area contributed by atoms with Gasteiger partial charge in [0.05, 0.1) is 4.92 Å². The zero-order valence-electron chi connectivity index (χ0n) is 11.3. The number of hydrogen-bond donors (Lipinski definition) is 1. The average molecular weight is 274 g/mol. The van der Waals surface area contributed by atoms with Crippen LogP contribution in [0.25, 0.3) is 0 Å². The van der Waals surface area contributed by atoms with Gasteiger partial charge in [-0.3, -0.25) is 10.1 Å². The van der Waals surface area contributed by atoms with Gasteiger partial charge in [-0.05, 0) is 42.7 Å². The lowest BCUT2D eigenvalue weighted by Crippen LogP contribution is -2.04. The van der Waals surface area contributed by atoms with Crippen molar-refractivity contribution in [1.82, 2.24) is 0 Å². The molecule has 0 aliphatic carbocycles. The van der Waals surface area contributed by atoms with Crippen LogP contribution in [-0.2, 0) is 6.54 Å². The second kappa shape index (κ2) is 5.69. The van der Waals surface area contributed by atoms with Gasteiger partial charge in [0, 0.05) is 24.4 Å². The van der Waals surface area contributed by atoms with Gasteiger partial charge in [0.2, 0.25) is 0 Å². The van der Waals surface area contributed by atoms with Crippen LogP contribution < -0.4 is 5.32 Å². The zero-order valence-corrected chi connectivity index (χ0v) is 11.3. The maximum absolute atomic E-state index is 13.2. The molecule has 0 aliphatic rings. The number of halogens is 1. The summed E-state index contributed by atoms with van der Waals surface area (Å²) in [4.78, 5) is 10.3. The molecule has 0 saturated heterocycles. The third kappa shape index (κ3) is 3.12. The Labute approximate surface area is 116 Å². The lowest BCUT2D eigenvalue weighted by atomic mass is 10.1. The van der Waals surface area contributed by atoms with E-state index in [0.717, 1.165) is 16.7 Å². The predicted molar refractivity (Wildman–Crippen MR) is 76.3 cm³/mol. The summed E-state index contributed by atoms with van der Waals surface area (Å²) >= 11 is 0. The quantitative estimate of drug-likeness (QED) is 0.678. The van der Waals surface area contributed by atoms with Gasteiger partial charge in [-0.25, -0.2) is 4.39 Å². The zero-order chi connectivity index (χ0) is 14.7. The second-order valence-corrected chi connectivity index (χ2v) is 4.68. The standard InChI is InChI=1S/C15H15FN2O2/c1-10-3-5-13(16)7-12(10)9-17-15-8-14(18(19)20)6-4-11(15)2/h3-8,17H,9H2,1-2H3. The Morgan fingerprint density at radius 3 is 2.55 bits per heavy atom. The molecule has 0 aromatic heterocycles. The molecule has 20 heavy (non-hydrogen) atoms. The Hall–Kier alpha value is -2.43. The molecule has 0 atom stereocenters. The van der Waals surface area contributed by atoms with E-state index in [0.29, 0.717) is 12.2 Å². The topological polar surface area (TPSA) is 55.2 Å². The molecule has 0 heterocycles. The summed E-state index contributed by atoms with van der Waals surface area (Å²) in [7, 11) is 0. The number of nitro groups is 1. The molecular formula is C15H15FN2O2. The van der Waals surface area contributed by atoms with E-state index < -0.39 is 4.92 Å². The van der Waals surface area contributed by atoms with Crippen molar-refractivity contribution in [3.8, 4) is 0 Å². The van der Waals surface area contributed by atoms with Crippen molar-refractivity contribution < 1.29 is 9.31 Å². The minimum Gasteiger partial charge on any atom is -0.381 e. The molecule has 0 fully saturated rings. The maximum atomic E-state index is 13.2. The number of nitro benzene ring substituents is 1. The van der Waals surface area contributed by atoms with E-state index in [9.17, 15) is 14.5 Å². The molecule has 0 aliphatic heterocycles. The Morgan fingerprint density at radius 2 is 1.85 bits per heavy atom. The fraction of sp³-hybridized carbons (Fsp3) is 0.200. The largest absolute Gasteiger partial charge is 0.381 e. The summed E-state index contributed by atoms with van der Waals surface area (Å²) in [5.74, 6) is -0.289. The van der Waals surface area contributed by atoms with E-state index in [-0.39, 0.29) is 11.5 Å². The smallest absolute Gasteiger partial charge is 0.271 e. The lowest BCUT2D eigenvalue weighted by molar-refractivity contribution is -0.384. The van der Waals surface area contributed by atoms with Crippen LogP contribution in [0.2, 0.25) is 0 Å². The lowest BCUT2D eigenvalue weighted by Gasteiger charge is -2.11. The average Bonchev–Trinajstić information content (AvgIpc) is 2.41. The van der Waals surface area contributed by atoms with Crippen LogP contribution in [0.4, 0.5) is 15.8 Å². The third-order valence-corrected chi connectivity index (χ3v) is 3.21. The first-order chi connectivity index (χ1) is 9.47. The van der Waals surface area contributed by atoms with Gasteiger partial charge in [-0.2, -0.15) is 0 Å². The number of benzene rings is 2. The van der Waals surface area contributed by atoms with Gasteiger partial charge in [0.25, 0.3) is 5.69 Å². The van der Waals surface area contributed by atoms with E-state index in [1.807, 2.05) is 13.8 Å². The number of anilines is 1. The van der Waals surface area contributed by atoms with Crippen LogP contribution in [-0.4, -0.2) is 4.92 Å². The number of aryl methyl sites for hydroxylation is 2. The number of non-ortho nitro benzene ring substituents is 1. The fourth-order valence-corrected chi connectivity index (χ4v) is 1.93. The normalized spacial score (nSPS) is 10.3. The summed E-state index contributed by atoms with van der Waals surface area (Å²) in [6, 6.07) is 9.25. The molecule has 0 amide bonds. The fourth-order valence-electron chi connectivity index (χ4n) is 1.93. The van der Waals surface area contributed by atoms with Gasteiger partial charge < -0.3 is 5.32 Å². The van der Waals surface area contributed by atoms with Crippen LogP contribution in [0.5, 0.6) is 0 Å². The highest BCUT2D eigenvalue weighted by molar-refractivity contribution is 5.57. The first-order valence-electron chi connectivity index (χ1n) is 6.21. The molecule has 0 bridgehead atoms. The van der Waals surface area contributed by atoms with Crippen LogP contribution in [0.1, 0.15) is 16.7 Å². The highest BCUT2D eigenvalue weighted by Crippen LogP contribution is 2.23. The van der Waals surface area contributed by atoms with Crippen LogP contribution in [0.15, 0.2) is 36.4 Å². The summed E-state index contributed by atoms with van der Waals surface area (Å²) in [5, 5.41) is 13.9. The van der Waals surface area contributed by atoms with Gasteiger partial charge in [0.1, 0.15) is 5.82 Å². The highest BCUT2D eigenvalue weighted by atomic mass is 19.1. The summed E-state index contributed by atoms with van der Waals surface area (Å²) < 4.78 is 13.2. The minimum absolute atomic E-state index is 0.0362. The Balaban J connectivity index is 2.20. The first-order valence-corrected chi connectivity index (χ1v) is 6.21. The molecular weight excluding hydrogens is 259 g/mol. The molecule has 0 radical (unpaired) electrons. The van der Waals surface area contributed by atoms with E-state index in [1.165, 1.54) is 24.3 Å². The SMILES string of the molecule is Cc1ccc(F)cc1CNc1cc([N+](=O)[O-])ccc1C. The summed E-state index contributed by atoms with van der Waals surface area (Å²) in [5.41, 5.74) is 3.43. The Kier molecular flexibility index (Phi) is 3.98. The van der Waals surface area contributed by atoms with E-state index in [2.05, 4.69) is 5.32 Å². The molecule has 2 rings (SSSR count). The van der Waals surface area contributed by atoms with Crippen LogP contribution in [0.3, 0.4) is 0 Å². The first kappa shape index (κ1) is 14.0. The number of nitrogens with one attached hydrogen (secondary N) is 1. The van der Waals surface area contributed by atoms with Gasteiger partial charge >= 0.3 is 0 Å². The van der Waals surface area contributed by atoms with Gasteiger partial charge in [0.15, 0.2) is 0 Å². The van der Waals surface area contributed by atoms with Crippen LogP contribution >= 0.6 is 0 Å². The number of nitrogens with zero attached hydrogens (tertiary/aromatic N) is 1. The molecule has 0 unspecified atom stereocenters. The van der Waals surface area contributed by atoms with E-state index in [4.69, 9.17) is 0 Å². The van der Waals surface area contributed by atoms with E-state index >= 15 is 0 Å². The van der Waals surface area contributed by atoms with Crippen LogP contribution in [0, 0.1) is 29.8 Å². The van der Waals surface area contributed by atoms with Gasteiger partial charge in [-0.15, -0.1) is 0 Å². The van der Waals surface area contributed by atoms with Crippen molar-refractivity contribution in [3.05, 3.63) is 69.0 Å². The van der Waals surface area contributed by atoms with E-state index in [1.54, 1.807) is 12.1 Å². The van der Waals surface area contributed by atoms with Gasteiger partial charge in [-0.1, -0.05) is 12.1 Å². The minimum atomic E-state index is -0.432. The third-order valence-electron chi connectivity index (χ3n) is 3.21. The molecule has 1 N–H and O–H groups in total. The van der Waals surface area contributed by atoms with Crippen molar-refractivity contribution in [2.45, 2.75) is 20.4 Å². The van der Waals surface area contributed by atoms with Crippen molar-refractivity contribution in [2.75, 3.05) is 5.32 Å². The second-order valence-electron chi connectivity index (χ2n) is 4.68. The summed E-state index contributed by atoms with van der Waals surface area (Å²) in [6.45, 7) is 4.19. The Bertz CT molecular complexity index is 656. The van der Waals surface area contributed by atoms with Crippen molar-refractivity contribution in [2.24, 2.45) is 0 Å². The predicted octanol–water partition coefficient (Wildman–Crippen LogP) is 3.96. The molecule has 2 aromatic carbocycles. The monoisotopic (exact) mass is 274 g/mol. The molecule has 2 aromatic rings. The maximum Gasteiger partial charge on any atom is 0.271 e. The molecule has 0 spiro atoms. The molecule has 104 valence electrons. The molecule has 5 heteroatoms. The summed E-state index contributed by atoms with van der Waals surface area (Å²) in [6.07, 6.45) is 0.